The Morgan fingerprint density at radius 2 is 1.52 bits per heavy atom. The summed E-state index contributed by atoms with van der Waals surface area (Å²) in [5.74, 6) is 0.00876. The summed E-state index contributed by atoms with van der Waals surface area (Å²) in [6.45, 7) is 7.62. The summed E-state index contributed by atoms with van der Waals surface area (Å²) in [6, 6.07) is 7.29. The predicted octanol–water partition coefficient (Wildman–Crippen LogP) is 2.80. The third-order valence-electron chi connectivity index (χ3n) is 3.59. The van der Waals surface area contributed by atoms with Gasteiger partial charge >= 0.3 is 0 Å². The zero-order valence-corrected chi connectivity index (χ0v) is 15.4. The maximum atomic E-state index is 12.3. The summed E-state index contributed by atoms with van der Waals surface area (Å²) in [5.41, 5.74) is 1.67. The maximum Gasteiger partial charge on any atom is 0.232 e. The van der Waals surface area contributed by atoms with Crippen molar-refractivity contribution < 1.29 is 13.2 Å². The highest BCUT2D eigenvalue weighted by Gasteiger charge is 2.20. The molecule has 0 heterocycles. The second kappa shape index (κ2) is 8.91. The van der Waals surface area contributed by atoms with Gasteiger partial charge in [-0.15, -0.1) is 0 Å². The van der Waals surface area contributed by atoms with E-state index < -0.39 is 10.0 Å². The Hall–Kier alpha value is -1.56. The number of carbonyl (C=O) groups excluding carboxylic acids is 1. The van der Waals surface area contributed by atoms with Crippen LogP contribution < -0.4 is 4.31 Å². The molecule has 0 N–H and O–H groups in total. The molecule has 0 atom stereocenters. The van der Waals surface area contributed by atoms with Gasteiger partial charge in [0.15, 0.2) is 0 Å². The van der Waals surface area contributed by atoms with Crippen LogP contribution in [0.1, 0.15) is 38.7 Å². The molecule has 23 heavy (non-hydrogen) atoms. The van der Waals surface area contributed by atoms with Crippen molar-refractivity contribution >= 4 is 21.6 Å². The van der Waals surface area contributed by atoms with Gasteiger partial charge in [0.2, 0.25) is 15.9 Å². The van der Waals surface area contributed by atoms with Crippen molar-refractivity contribution in [1.29, 1.82) is 0 Å². The number of hydrogen-bond acceptors (Lipinski definition) is 3. The van der Waals surface area contributed by atoms with Gasteiger partial charge < -0.3 is 4.90 Å². The minimum Gasteiger partial charge on any atom is -0.343 e. The van der Waals surface area contributed by atoms with Crippen LogP contribution in [0, 0.1) is 6.92 Å². The van der Waals surface area contributed by atoms with E-state index in [4.69, 9.17) is 0 Å². The molecule has 5 nitrogen and oxygen atoms in total. The van der Waals surface area contributed by atoms with Crippen LogP contribution in [-0.4, -0.2) is 45.1 Å². The first-order valence-corrected chi connectivity index (χ1v) is 9.96. The number of anilines is 1. The van der Waals surface area contributed by atoms with Crippen LogP contribution in [0.2, 0.25) is 0 Å². The van der Waals surface area contributed by atoms with Crippen molar-refractivity contribution in [2.24, 2.45) is 0 Å². The summed E-state index contributed by atoms with van der Waals surface area (Å²) in [6.07, 6.45) is 3.17. The van der Waals surface area contributed by atoms with Crippen LogP contribution in [0.25, 0.3) is 0 Å². The minimum atomic E-state index is -3.41. The van der Waals surface area contributed by atoms with Crippen LogP contribution >= 0.6 is 0 Å². The normalized spacial score (nSPS) is 11.3. The molecule has 0 aromatic heterocycles. The molecule has 0 bridgehead atoms. The van der Waals surface area contributed by atoms with Crippen LogP contribution in [0.4, 0.5) is 5.69 Å². The Balaban J connectivity index is 2.83. The number of carbonyl (C=O) groups is 1. The van der Waals surface area contributed by atoms with Crippen molar-refractivity contribution in [2.75, 3.05) is 30.2 Å². The Kier molecular flexibility index (Phi) is 7.55. The van der Waals surface area contributed by atoms with Crippen LogP contribution in [0.5, 0.6) is 0 Å². The quantitative estimate of drug-likeness (QED) is 0.694. The first-order chi connectivity index (χ1) is 10.8. The number of hydrogen-bond donors (Lipinski definition) is 0. The lowest BCUT2D eigenvalue weighted by Gasteiger charge is -2.25. The molecular weight excluding hydrogens is 312 g/mol. The second-order valence-corrected chi connectivity index (χ2v) is 7.71. The van der Waals surface area contributed by atoms with Crippen molar-refractivity contribution in [3.05, 3.63) is 29.8 Å². The topological polar surface area (TPSA) is 57.7 Å². The van der Waals surface area contributed by atoms with E-state index in [0.717, 1.165) is 31.5 Å². The van der Waals surface area contributed by atoms with Crippen LogP contribution in [-0.2, 0) is 14.8 Å². The molecule has 0 saturated carbocycles. The summed E-state index contributed by atoms with van der Waals surface area (Å²) < 4.78 is 25.4. The van der Waals surface area contributed by atoms with Gasteiger partial charge in [-0.25, -0.2) is 8.42 Å². The van der Waals surface area contributed by atoms with E-state index in [1.165, 1.54) is 10.6 Å². The average Bonchev–Trinajstić information content (AvgIpc) is 2.47. The molecule has 1 amide bonds. The monoisotopic (exact) mass is 340 g/mol. The molecular formula is C17H28N2O3S. The fraction of sp³-hybridized carbons (Fsp3) is 0.588. The Labute approximate surface area is 140 Å². The molecule has 1 aromatic carbocycles. The molecule has 0 saturated heterocycles. The fourth-order valence-corrected chi connectivity index (χ4v) is 3.38. The Morgan fingerprint density at radius 1 is 1.00 bits per heavy atom. The maximum absolute atomic E-state index is 12.3. The number of nitrogens with zero attached hydrogens (tertiary/aromatic N) is 2. The number of benzene rings is 1. The molecule has 6 heteroatoms. The van der Waals surface area contributed by atoms with E-state index in [0.29, 0.717) is 5.69 Å². The number of sulfonamides is 1. The molecule has 0 unspecified atom stereocenters. The van der Waals surface area contributed by atoms with E-state index in [2.05, 4.69) is 0 Å². The SMILES string of the molecule is CCCN(CCC)C(=O)CCN(c1ccc(C)cc1)S(C)(=O)=O. The van der Waals surface area contributed by atoms with E-state index in [-0.39, 0.29) is 18.9 Å². The van der Waals surface area contributed by atoms with Crippen molar-refractivity contribution in [3.63, 3.8) is 0 Å². The zero-order valence-electron chi connectivity index (χ0n) is 14.6. The van der Waals surface area contributed by atoms with E-state index in [9.17, 15) is 13.2 Å². The lowest BCUT2D eigenvalue weighted by atomic mass is 10.2. The minimum absolute atomic E-state index is 0.00876. The highest BCUT2D eigenvalue weighted by molar-refractivity contribution is 7.92. The molecule has 1 rings (SSSR count). The number of amides is 1. The van der Waals surface area contributed by atoms with Gasteiger partial charge in [0.05, 0.1) is 11.9 Å². The van der Waals surface area contributed by atoms with Gasteiger partial charge in [0, 0.05) is 26.1 Å². The molecule has 0 radical (unpaired) electrons. The number of aryl methyl sites for hydroxylation is 1. The van der Waals surface area contributed by atoms with Gasteiger partial charge in [-0.05, 0) is 31.9 Å². The lowest BCUT2D eigenvalue weighted by Crippen LogP contribution is -2.37. The lowest BCUT2D eigenvalue weighted by molar-refractivity contribution is -0.131. The highest BCUT2D eigenvalue weighted by atomic mass is 32.2. The largest absolute Gasteiger partial charge is 0.343 e. The molecule has 0 fully saturated rings. The van der Waals surface area contributed by atoms with Crippen LogP contribution in [0.3, 0.4) is 0 Å². The van der Waals surface area contributed by atoms with E-state index in [1.54, 1.807) is 12.1 Å². The van der Waals surface area contributed by atoms with Gasteiger partial charge in [-0.2, -0.15) is 0 Å². The Morgan fingerprint density at radius 3 is 1.96 bits per heavy atom. The third-order valence-corrected chi connectivity index (χ3v) is 4.78. The summed E-state index contributed by atoms with van der Waals surface area (Å²) in [7, 11) is -3.41. The van der Waals surface area contributed by atoms with Crippen molar-refractivity contribution in [2.45, 2.75) is 40.0 Å². The first kappa shape index (κ1) is 19.5. The van der Waals surface area contributed by atoms with E-state index >= 15 is 0 Å². The molecule has 0 aliphatic carbocycles. The van der Waals surface area contributed by atoms with Gasteiger partial charge in [-0.1, -0.05) is 31.5 Å². The smallest absolute Gasteiger partial charge is 0.232 e. The second-order valence-electron chi connectivity index (χ2n) is 5.80. The first-order valence-electron chi connectivity index (χ1n) is 8.11. The van der Waals surface area contributed by atoms with Gasteiger partial charge in [0.25, 0.3) is 0 Å². The molecule has 0 aliphatic rings. The number of rotatable bonds is 9. The standard InChI is InChI=1S/C17H28N2O3S/c1-5-12-18(13-6-2)17(20)11-14-19(23(4,21)22)16-9-7-15(3)8-10-16/h7-10H,5-6,11-14H2,1-4H3. The van der Waals surface area contributed by atoms with Crippen molar-refractivity contribution in [3.8, 4) is 0 Å². The molecule has 1 aromatic rings. The molecule has 0 aliphatic heterocycles. The third kappa shape index (κ3) is 6.22. The average molecular weight is 340 g/mol. The Bertz CT molecular complexity index is 591. The van der Waals surface area contributed by atoms with Crippen LogP contribution in [0.15, 0.2) is 24.3 Å². The van der Waals surface area contributed by atoms with Gasteiger partial charge in [0.1, 0.15) is 0 Å². The summed E-state index contributed by atoms with van der Waals surface area (Å²) in [4.78, 5) is 14.2. The van der Waals surface area contributed by atoms with E-state index in [1.807, 2.05) is 37.8 Å². The fourth-order valence-electron chi connectivity index (χ4n) is 2.45. The van der Waals surface area contributed by atoms with Crippen molar-refractivity contribution in [1.82, 2.24) is 4.90 Å². The zero-order chi connectivity index (χ0) is 17.5. The highest BCUT2D eigenvalue weighted by Crippen LogP contribution is 2.18. The van der Waals surface area contributed by atoms with Gasteiger partial charge in [-0.3, -0.25) is 9.10 Å². The summed E-state index contributed by atoms with van der Waals surface area (Å²) >= 11 is 0. The predicted molar refractivity (Wildman–Crippen MR) is 95.1 cm³/mol. The molecule has 0 spiro atoms. The molecule has 130 valence electrons. The summed E-state index contributed by atoms with van der Waals surface area (Å²) in [5, 5.41) is 0.